The average Bonchev–Trinajstić information content (AvgIpc) is 2.77. The second-order valence-corrected chi connectivity index (χ2v) is 9.03. The fraction of sp³-hybridized carbons (Fsp3) is 0.478. The van der Waals surface area contributed by atoms with Gasteiger partial charge in [0.05, 0.1) is 31.7 Å². The highest BCUT2D eigenvalue weighted by molar-refractivity contribution is 7.62. The number of hydrogen-bond acceptors (Lipinski definition) is 7. The van der Waals surface area contributed by atoms with Crippen LogP contribution in [0.5, 0.6) is 0 Å². The molecule has 8 heteroatoms. The molecule has 1 rings (SSSR count). The maximum atomic E-state index is 13.7. The molecule has 0 bridgehead atoms. The van der Waals surface area contributed by atoms with Crippen LogP contribution in [0.1, 0.15) is 51.0 Å². The van der Waals surface area contributed by atoms with Gasteiger partial charge in [0.15, 0.2) is 0 Å². The van der Waals surface area contributed by atoms with E-state index in [9.17, 15) is 14.2 Å². The molecule has 7 nitrogen and oxygen atoms in total. The monoisotopic (exact) mass is 452 g/mol. The fourth-order valence-electron chi connectivity index (χ4n) is 2.64. The summed E-state index contributed by atoms with van der Waals surface area (Å²) < 4.78 is 35.1. The summed E-state index contributed by atoms with van der Waals surface area (Å²) >= 11 is 0. The molecule has 0 saturated heterocycles. The molecular formula is C23H33O7P. The number of unbranched alkanes of at least 4 members (excludes halogenated alkanes) is 2. The number of carbonyl (C=O) groups is 2. The van der Waals surface area contributed by atoms with Gasteiger partial charge in [-0.05, 0) is 43.2 Å². The Morgan fingerprint density at radius 2 is 1.32 bits per heavy atom. The number of hydrogen-bond donors (Lipinski definition) is 0. The molecule has 0 fully saturated rings. The van der Waals surface area contributed by atoms with Crippen LogP contribution in [0.4, 0.5) is 0 Å². The van der Waals surface area contributed by atoms with Crippen LogP contribution in [-0.2, 0) is 32.7 Å². The third-order valence-corrected chi connectivity index (χ3v) is 6.32. The van der Waals surface area contributed by atoms with E-state index in [4.69, 9.17) is 18.5 Å². The van der Waals surface area contributed by atoms with Crippen LogP contribution in [0.2, 0.25) is 0 Å². The molecule has 0 spiro atoms. The highest BCUT2D eigenvalue weighted by Crippen LogP contribution is 2.49. The molecule has 0 radical (unpaired) electrons. The SMILES string of the molecule is C=CC(=O)OCCCCOP(=O)(OCCCCOC(=O)C=C)c1ccccc1C(C)C. The first kappa shape index (κ1) is 26.8. The van der Waals surface area contributed by atoms with Gasteiger partial charge in [-0.25, -0.2) is 9.59 Å². The van der Waals surface area contributed by atoms with Crippen molar-refractivity contribution in [3.8, 4) is 0 Å². The summed E-state index contributed by atoms with van der Waals surface area (Å²) in [5.74, 6) is -0.799. The number of carbonyl (C=O) groups excluding carboxylic acids is 2. The average molecular weight is 452 g/mol. The first-order valence-electron chi connectivity index (χ1n) is 10.4. The summed E-state index contributed by atoms with van der Waals surface area (Å²) in [6.07, 6.45) is 4.47. The molecule has 0 aliphatic rings. The van der Waals surface area contributed by atoms with Crippen LogP contribution < -0.4 is 5.30 Å². The Morgan fingerprint density at radius 1 is 0.871 bits per heavy atom. The molecule has 0 unspecified atom stereocenters. The van der Waals surface area contributed by atoms with E-state index in [1.165, 1.54) is 0 Å². The van der Waals surface area contributed by atoms with E-state index in [0.717, 1.165) is 17.7 Å². The van der Waals surface area contributed by atoms with Gasteiger partial charge in [0, 0.05) is 12.2 Å². The smallest absolute Gasteiger partial charge is 0.361 e. The van der Waals surface area contributed by atoms with Crippen LogP contribution in [-0.4, -0.2) is 38.4 Å². The zero-order valence-electron chi connectivity index (χ0n) is 18.4. The predicted molar refractivity (Wildman–Crippen MR) is 120 cm³/mol. The Balaban J connectivity index is 2.69. The molecule has 0 aliphatic carbocycles. The van der Waals surface area contributed by atoms with Crippen molar-refractivity contribution < 1.29 is 32.7 Å². The van der Waals surface area contributed by atoms with Crippen LogP contribution in [0, 0.1) is 0 Å². The number of ether oxygens (including phenoxy) is 2. The van der Waals surface area contributed by atoms with Crippen molar-refractivity contribution >= 4 is 24.8 Å². The number of rotatable bonds is 16. The first-order valence-corrected chi connectivity index (χ1v) is 11.9. The minimum absolute atomic E-state index is 0.147. The topological polar surface area (TPSA) is 88.1 Å². The Morgan fingerprint density at radius 3 is 1.77 bits per heavy atom. The minimum atomic E-state index is -3.56. The van der Waals surface area contributed by atoms with Gasteiger partial charge in [0.2, 0.25) is 0 Å². The van der Waals surface area contributed by atoms with Crippen molar-refractivity contribution in [2.75, 3.05) is 26.4 Å². The summed E-state index contributed by atoms with van der Waals surface area (Å²) in [6, 6.07) is 7.39. The normalized spacial score (nSPS) is 11.2. The second-order valence-electron chi connectivity index (χ2n) is 7.03. The van der Waals surface area contributed by atoms with Gasteiger partial charge >= 0.3 is 19.5 Å². The largest absolute Gasteiger partial charge is 0.463 e. The highest BCUT2D eigenvalue weighted by atomic mass is 31.2. The lowest BCUT2D eigenvalue weighted by Gasteiger charge is -2.22. The Hall–Kier alpha value is -2.21. The highest BCUT2D eigenvalue weighted by Gasteiger charge is 2.30. The lowest BCUT2D eigenvalue weighted by Crippen LogP contribution is -2.17. The van der Waals surface area contributed by atoms with Crippen molar-refractivity contribution in [1.82, 2.24) is 0 Å². The lowest BCUT2D eigenvalue weighted by atomic mass is 10.0. The zero-order valence-corrected chi connectivity index (χ0v) is 19.3. The van der Waals surface area contributed by atoms with E-state index in [-0.39, 0.29) is 32.3 Å². The Labute approximate surface area is 184 Å². The maximum absolute atomic E-state index is 13.7. The third-order valence-electron chi connectivity index (χ3n) is 4.28. The Bertz CT molecular complexity index is 737. The van der Waals surface area contributed by atoms with Crippen LogP contribution in [0.3, 0.4) is 0 Å². The van der Waals surface area contributed by atoms with Crippen molar-refractivity contribution in [3.63, 3.8) is 0 Å². The second kappa shape index (κ2) is 14.7. The molecule has 1 aromatic rings. The van der Waals surface area contributed by atoms with Crippen LogP contribution in [0.25, 0.3) is 0 Å². The molecule has 31 heavy (non-hydrogen) atoms. The van der Waals surface area contributed by atoms with E-state index in [2.05, 4.69) is 13.2 Å². The van der Waals surface area contributed by atoms with Crippen molar-refractivity contribution in [2.24, 2.45) is 0 Å². The van der Waals surface area contributed by atoms with Gasteiger partial charge in [-0.3, -0.25) is 4.57 Å². The maximum Gasteiger partial charge on any atom is 0.361 e. The molecule has 1 aromatic carbocycles. The summed E-state index contributed by atoms with van der Waals surface area (Å²) in [5, 5.41) is 0.557. The lowest BCUT2D eigenvalue weighted by molar-refractivity contribution is -0.138. The molecular weight excluding hydrogens is 419 g/mol. The summed E-state index contributed by atoms with van der Waals surface area (Å²) in [6.45, 7) is 11.6. The quantitative estimate of drug-likeness (QED) is 0.156. The Kier molecular flexibility index (Phi) is 12.8. The molecule has 0 aliphatic heterocycles. The van der Waals surface area contributed by atoms with Crippen molar-refractivity contribution in [3.05, 3.63) is 55.1 Å². The summed E-state index contributed by atoms with van der Waals surface area (Å²) in [7, 11) is -3.56. The fourth-order valence-corrected chi connectivity index (χ4v) is 4.65. The van der Waals surface area contributed by atoms with Crippen molar-refractivity contribution in [1.29, 1.82) is 0 Å². The molecule has 0 atom stereocenters. The third kappa shape index (κ3) is 10.1. The molecule has 0 saturated carbocycles. The molecule has 0 amide bonds. The van der Waals surface area contributed by atoms with Gasteiger partial charge in [0.1, 0.15) is 0 Å². The number of benzene rings is 1. The van der Waals surface area contributed by atoms with E-state index in [1.807, 2.05) is 32.0 Å². The van der Waals surface area contributed by atoms with Gasteiger partial charge in [-0.1, -0.05) is 45.2 Å². The molecule has 0 N–H and O–H groups in total. The van der Waals surface area contributed by atoms with Gasteiger partial charge < -0.3 is 18.5 Å². The van der Waals surface area contributed by atoms with Gasteiger partial charge in [-0.2, -0.15) is 0 Å². The zero-order chi connectivity index (χ0) is 23.1. The van der Waals surface area contributed by atoms with Gasteiger partial charge in [-0.15, -0.1) is 0 Å². The van der Waals surface area contributed by atoms with E-state index in [1.54, 1.807) is 6.07 Å². The van der Waals surface area contributed by atoms with Gasteiger partial charge in [0.25, 0.3) is 0 Å². The van der Waals surface area contributed by atoms with Crippen LogP contribution >= 0.6 is 7.60 Å². The molecule has 172 valence electrons. The number of esters is 2. The molecule has 0 aromatic heterocycles. The molecule has 0 heterocycles. The summed E-state index contributed by atoms with van der Waals surface area (Å²) in [5.41, 5.74) is 0.908. The van der Waals surface area contributed by atoms with Crippen LogP contribution in [0.15, 0.2) is 49.6 Å². The minimum Gasteiger partial charge on any atom is -0.463 e. The van der Waals surface area contributed by atoms with E-state index >= 15 is 0 Å². The van der Waals surface area contributed by atoms with E-state index < -0.39 is 19.5 Å². The first-order chi connectivity index (χ1) is 14.8. The predicted octanol–water partition coefficient (Wildman–Crippen LogP) is 4.68. The van der Waals surface area contributed by atoms with Crippen molar-refractivity contribution in [2.45, 2.75) is 45.4 Å². The standard InChI is InChI=1S/C23H33O7P/c1-5-22(24)27-15-9-11-17-29-31(26,21-14-8-7-13-20(21)19(3)4)30-18-12-10-16-28-23(25)6-2/h5-8,13-14,19H,1-2,9-12,15-18H2,3-4H3. The van der Waals surface area contributed by atoms with E-state index in [0.29, 0.717) is 31.0 Å². The summed E-state index contributed by atoms with van der Waals surface area (Å²) in [4.78, 5) is 22.1.